The van der Waals surface area contributed by atoms with Crippen molar-refractivity contribution in [2.75, 3.05) is 17.7 Å². The number of carbonyl (C=O) groups excluding carboxylic acids is 1. The molecule has 0 aliphatic rings. The minimum absolute atomic E-state index is 0.249. The number of aryl methyl sites for hydroxylation is 2. The Labute approximate surface area is 117 Å². The van der Waals surface area contributed by atoms with E-state index < -0.39 is 0 Å². The van der Waals surface area contributed by atoms with Gasteiger partial charge in [0.05, 0.1) is 12.3 Å². The van der Waals surface area contributed by atoms with E-state index in [4.69, 9.17) is 10.5 Å². The summed E-state index contributed by atoms with van der Waals surface area (Å²) in [7, 11) is 1.77. The summed E-state index contributed by atoms with van der Waals surface area (Å²) in [6, 6.07) is 6.77. The van der Waals surface area contributed by atoms with Crippen molar-refractivity contribution >= 4 is 17.4 Å². The Morgan fingerprint density at radius 1 is 1.40 bits per heavy atom. The quantitative estimate of drug-likeness (QED) is 0.835. The highest BCUT2D eigenvalue weighted by molar-refractivity contribution is 6.04. The summed E-state index contributed by atoms with van der Waals surface area (Å²) in [6.07, 6.45) is 0. The number of benzene rings is 1. The second-order valence-electron chi connectivity index (χ2n) is 4.47. The van der Waals surface area contributed by atoms with Crippen LogP contribution >= 0.6 is 0 Å². The molecule has 6 nitrogen and oxygen atoms in total. The van der Waals surface area contributed by atoms with Gasteiger partial charge in [-0.15, -0.1) is 0 Å². The molecule has 2 aromatic rings. The van der Waals surface area contributed by atoms with Crippen LogP contribution in [0.25, 0.3) is 0 Å². The fraction of sp³-hybridized carbons (Fsp3) is 0.286. The fourth-order valence-electron chi connectivity index (χ4n) is 1.92. The molecular formula is C14H18N4O2. The van der Waals surface area contributed by atoms with Crippen LogP contribution in [0.1, 0.15) is 23.0 Å². The van der Waals surface area contributed by atoms with E-state index in [0.29, 0.717) is 29.4 Å². The summed E-state index contributed by atoms with van der Waals surface area (Å²) >= 11 is 0. The molecule has 0 fully saturated rings. The third-order valence-electron chi connectivity index (χ3n) is 2.75. The van der Waals surface area contributed by atoms with Crippen LogP contribution in [-0.4, -0.2) is 22.3 Å². The molecule has 20 heavy (non-hydrogen) atoms. The number of aromatic nitrogens is 2. The molecule has 0 bridgehead atoms. The normalized spacial score (nSPS) is 10.3. The van der Waals surface area contributed by atoms with Crippen LogP contribution in [-0.2, 0) is 7.05 Å². The van der Waals surface area contributed by atoms with E-state index in [9.17, 15) is 4.79 Å². The molecule has 0 aliphatic heterocycles. The Morgan fingerprint density at radius 2 is 2.15 bits per heavy atom. The predicted molar refractivity (Wildman–Crippen MR) is 77.9 cm³/mol. The maximum Gasteiger partial charge on any atom is 0.257 e. The number of nitrogens with one attached hydrogen (secondary N) is 1. The Morgan fingerprint density at radius 3 is 2.75 bits per heavy atom. The average molecular weight is 274 g/mol. The minimum Gasteiger partial charge on any atom is -0.494 e. The highest BCUT2D eigenvalue weighted by Gasteiger charge is 2.11. The number of nitrogen functional groups attached to an aromatic ring is 1. The molecule has 0 radical (unpaired) electrons. The number of carbonyl (C=O) groups is 1. The van der Waals surface area contributed by atoms with Gasteiger partial charge in [-0.3, -0.25) is 9.48 Å². The summed E-state index contributed by atoms with van der Waals surface area (Å²) in [5.74, 6) is 0.966. The van der Waals surface area contributed by atoms with Crippen LogP contribution in [0.3, 0.4) is 0 Å². The fourth-order valence-corrected chi connectivity index (χ4v) is 1.92. The molecule has 0 atom stereocenters. The lowest BCUT2D eigenvalue weighted by molar-refractivity contribution is 0.102. The zero-order chi connectivity index (χ0) is 14.7. The van der Waals surface area contributed by atoms with Gasteiger partial charge in [-0.2, -0.15) is 5.10 Å². The van der Waals surface area contributed by atoms with E-state index in [1.807, 2.05) is 13.8 Å². The van der Waals surface area contributed by atoms with Gasteiger partial charge in [0, 0.05) is 30.4 Å². The molecule has 0 aliphatic carbocycles. The van der Waals surface area contributed by atoms with E-state index in [1.165, 1.54) is 0 Å². The Kier molecular flexibility index (Phi) is 3.93. The zero-order valence-electron chi connectivity index (χ0n) is 11.8. The van der Waals surface area contributed by atoms with Crippen molar-refractivity contribution < 1.29 is 9.53 Å². The standard InChI is InChI=1S/C14H18N4O2/c1-4-20-12-7-10(6-11(15)8-12)14(19)16-13-5-9(2)17-18(13)3/h5-8H,4,15H2,1-3H3,(H,16,19). The van der Waals surface area contributed by atoms with Gasteiger partial charge in [0.1, 0.15) is 11.6 Å². The first-order valence-corrected chi connectivity index (χ1v) is 6.35. The van der Waals surface area contributed by atoms with Crippen molar-refractivity contribution in [3.63, 3.8) is 0 Å². The van der Waals surface area contributed by atoms with Crippen molar-refractivity contribution in [3.8, 4) is 5.75 Å². The summed E-state index contributed by atoms with van der Waals surface area (Å²) in [6.45, 7) is 4.26. The highest BCUT2D eigenvalue weighted by Crippen LogP contribution is 2.20. The molecule has 0 saturated heterocycles. The lowest BCUT2D eigenvalue weighted by Gasteiger charge is -2.09. The number of anilines is 2. The highest BCUT2D eigenvalue weighted by atomic mass is 16.5. The van der Waals surface area contributed by atoms with Crippen LogP contribution in [0.4, 0.5) is 11.5 Å². The minimum atomic E-state index is -0.249. The Hall–Kier alpha value is -2.50. The molecule has 6 heteroatoms. The molecule has 0 unspecified atom stereocenters. The summed E-state index contributed by atoms with van der Waals surface area (Å²) in [4.78, 5) is 12.2. The maximum absolute atomic E-state index is 12.2. The molecule has 1 amide bonds. The second-order valence-corrected chi connectivity index (χ2v) is 4.47. The van der Waals surface area contributed by atoms with Gasteiger partial charge in [-0.1, -0.05) is 0 Å². The number of ether oxygens (including phenoxy) is 1. The van der Waals surface area contributed by atoms with Gasteiger partial charge in [-0.25, -0.2) is 0 Å². The molecule has 1 aromatic heterocycles. The predicted octanol–water partition coefficient (Wildman–Crippen LogP) is 1.96. The first kappa shape index (κ1) is 13.9. The van der Waals surface area contributed by atoms with E-state index in [1.54, 1.807) is 36.0 Å². The third kappa shape index (κ3) is 3.09. The molecule has 0 spiro atoms. The number of hydrogen-bond acceptors (Lipinski definition) is 4. The van der Waals surface area contributed by atoms with Gasteiger partial charge in [0.2, 0.25) is 0 Å². The number of hydrogen-bond donors (Lipinski definition) is 2. The largest absolute Gasteiger partial charge is 0.494 e. The van der Waals surface area contributed by atoms with Gasteiger partial charge in [0.15, 0.2) is 0 Å². The van der Waals surface area contributed by atoms with Crippen LogP contribution in [0.2, 0.25) is 0 Å². The number of amides is 1. The van der Waals surface area contributed by atoms with E-state index in [0.717, 1.165) is 5.69 Å². The monoisotopic (exact) mass is 274 g/mol. The van der Waals surface area contributed by atoms with Crippen LogP contribution in [0, 0.1) is 6.92 Å². The third-order valence-corrected chi connectivity index (χ3v) is 2.75. The second kappa shape index (κ2) is 5.64. The summed E-state index contributed by atoms with van der Waals surface area (Å²) in [5, 5.41) is 6.97. The maximum atomic E-state index is 12.2. The molecule has 1 heterocycles. The van der Waals surface area contributed by atoms with Crippen molar-refractivity contribution in [3.05, 3.63) is 35.5 Å². The smallest absolute Gasteiger partial charge is 0.257 e. The van der Waals surface area contributed by atoms with Crippen molar-refractivity contribution in [1.29, 1.82) is 0 Å². The Balaban J connectivity index is 2.22. The van der Waals surface area contributed by atoms with Gasteiger partial charge >= 0.3 is 0 Å². The van der Waals surface area contributed by atoms with Crippen LogP contribution < -0.4 is 15.8 Å². The van der Waals surface area contributed by atoms with Crippen LogP contribution in [0.5, 0.6) is 5.75 Å². The summed E-state index contributed by atoms with van der Waals surface area (Å²) < 4.78 is 6.99. The molecule has 106 valence electrons. The SMILES string of the molecule is CCOc1cc(N)cc(C(=O)Nc2cc(C)nn2C)c1. The van der Waals surface area contributed by atoms with E-state index in [2.05, 4.69) is 10.4 Å². The first-order chi connectivity index (χ1) is 9.49. The number of rotatable bonds is 4. The first-order valence-electron chi connectivity index (χ1n) is 6.35. The lowest BCUT2D eigenvalue weighted by atomic mass is 10.1. The topological polar surface area (TPSA) is 82.2 Å². The molecule has 2 rings (SSSR count). The van der Waals surface area contributed by atoms with Gasteiger partial charge in [0.25, 0.3) is 5.91 Å². The molecule has 0 saturated carbocycles. The van der Waals surface area contributed by atoms with Gasteiger partial charge in [-0.05, 0) is 26.0 Å². The number of nitrogens with two attached hydrogens (primary N) is 1. The van der Waals surface area contributed by atoms with Gasteiger partial charge < -0.3 is 15.8 Å². The molecule has 1 aromatic carbocycles. The molecule has 3 N–H and O–H groups in total. The lowest BCUT2D eigenvalue weighted by Crippen LogP contribution is -2.15. The molecular weight excluding hydrogens is 256 g/mol. The zero-order valence-corrected chi connectivity index (χ0v) is 11.8. The number of nitrogens with zero attached hydrogens (tertiary/aromatic N) is 2. The summed E-state index contributed by atoms with van der Waals surface area (Å²) in [5.41, 5.74) is 7.56. The Bertz CT molecular complexity index is 634. The van der Waals surface area contributed by atoms with E-state index >= 15 is 0 Å². The van der Waals surface area contributed by atoms with E-state index in [-0.39, 0.29) is 5.91 Å². The van der Waals surface area contributed by atoms with Crippen molar-refractivity contribution in [2.24, 2.45) is 7.05 Å². The van der Waals surface area contributed by atoms with Crippen molar-refractivity contribution in [1.82, 2.24) is 9.78 Å². The van der Waals surface area contributed by atoms with Crippen molar-refractivity contribution in [2.45, 2.75) is 13.8 Å². The van der Waals surface area contributed by atoms with Crippen LogP contribution in [0.15, 0.2) is 24.3 Å². The average Bonchev–Trinajstić information content (AvgIpc) is 2.67.